The minimum absolute atomic E-state index is 0.104. The number of benzene rings is 2. The first-order valence-corrected chi connectivity index (χ1v) is 13.7. The Balaban J connectivity index is 2.17. The van der Waals surface area contributed by atoms with Crippen LogP contribution in [0, 0.1) is 6.92 Å². The number of rotatable bonds is 13. The predicted octanol–water partition coefficient (Wildman–Crippen LogP) is 3.49. The first kappa shape index (κ1) is 28.2. The fourth-order valence-electron chi connectivity index (χ4n) is 3.73. The van der Waals surface area contributed by atoms with Gasteiger partial charge in [-0.1, -0.05) is 31.2 Å². The van der Waals surface area contributed by atoms with Crippen molar-refractivity contribution in [3.63, 3.8) is 0 Å². The minimum atomic E-state index is -3.52. The van der Waals surface area contributed by atoms with E-state index in [1.807, 2.05) is 44.2 Å². The Morgan fingerprint density at radius 3 is 2.46 bits per heavy atom. The van der Waals surface area contributed by atoms with Gasteiger partial charge in [-0.05, 0) is 62.1 Å². The van der Waals surface area contributed by atoms with Crippen LogP contribution in [0.2, 0.25) is 0 Å². The molecule has 0 aliphatic carbocycles. The molecular weight excluding hydrogens is 466 g/mol. The topological polar surface area (TPSA) is 96.0 Å². The van der Waals surface area contributed by atoms with Gasteiger partial charge in [0.2, 0.25) is 21.8 Å². The number of hydrogen-bond donors (Lipinski definition) is 1. The molecule has 0 bridgehead atoms. The summed E-state index contributed by atoms with van der Waals surface area (Å²) < 4.78 is 31.4. The molecule has 0 fully saturated rings. The summed E-state index contributed by atoms with van der Waals surface area (Å²) in [6, 6.07) is 13.9. The monoisotopic (exact) mass is 503 g/mol. The average molecular weight is 504 g/mol. The van der Waals surface area contributed by atoms with E-state index in [9.17, 15) is 18.0 Å². The molecule has 8 nitrogen and oxygen atoms in total. The molecule has 2 aromatic rings. The van der Waals surface area contributed by atoms with Gasteiger partial charge >= 0.3 is 0 Å². The van der Waals surface area contributed by atoms with E-state index in [0.29, 0.717) is 24.4 Å². The predicted molar refractivity (Wildman–Crippen MR) is 139 cm³/mol. The first-order chi connectivity index (χ1) is 16.6. The van der Waals surface area contributed by atoms with Crippen LogP contribution >= 0.6 is 0 Å². The lowest BCUT2D eigenvalue weighted by Crippen LogP contribution is -2.47. The van der Waals surface area contributed by atoms with Gasteiger partial charge in [-0.2, -0.15) is 0 Å². The summed E-state index contributed by atoms with van der Waals surface area (Å²) in [5.74, 6) is 0.227. The zero-order valence-corrected chi connectivity index (χ0v) is 22.1. The molecule has 1 N–H and O–H groups in total. The Labute approximate surface area is 209 Å². The third-order valence-corrected chi connectivity index (χ3v) is 6.84. The van der Waals surface area contributed by atoms with Crippen molar-refractivity contribution in [2.24, 2.45) is 0 Å². The number of sulfonamides is 1. The molecule has 35 heavy (non-hydrogen) atoms. The zero-order valence-electron chi connectivity index (χ0n) is 21.3. The molecule has 0 saturated heterocycles. The van der Waals surface area contributed by atoms with Crippen LogP contribution in [0.15, 0.2) is 48.5 Å². The minimum Gasteiger partial charge on any atom is -0.497 e. The lowest BCUT2D eigenvalue weighted by atomic mass is 10.1. The number of ether oxygens (including phenoxy) is 1. The van der Waals surface area contributed by atoms with E-state index >= 15 is 0 Å². The maximum absolute atomic E-state index is 13.3. The molecule has 0 spiro atoms. The lowest BCUT2D eigenvalue weighted by Gasteiger charge is -2.29. The highest BCUT2D eigenvalue weighted by Gasteiger charge is 2.26. The van der Waals surface area contributed by atoms with Gasteiger partial charge in [-0.15, -0.1) is 0 Å². The van der Waals surface area contributed by atoms with Gasteiger partial charge in [-0.3, -0.25) is 13.9 Å². The van der Waals surface area contributed by atoms with Gasteiger partial charge < -0.3 is 15.0 Å². The Morgan fingerprint density at radius 1 is 1.11 bits per heavy atom. The summed E-state index contributed by atoms with van der Waals surface area (Å²) in [6.07, 6.45) is 2.37. The number of aryl methyl sites for hydroxylation is 1. The summed E-state index contributed by atoms with van der Waals surface area (Å²) in [6.45, 7) is 6.51. The number of carbonyl (C=O) groups is 2. The summed E-state index contributed by atoms with van der Waals surface area (Å²) in [4.78, 5) is 27.5. The van der Waals surface area contributed by atoms with E-state index in [2.05, 4.69) is 5.32 Å². The van der Waals surface area contributed by atoms with E-state index in [1.165, 1.54) is 9.21 Å². The molecule has 9 heteroatoms. The van der Waals surface area contributed by atoms with Crippen molar-refractivity contribution < 1.29 is 22.7 Å². The maximum Gasteiger partial charge on any atom is 0.242 e. The number of nitrogens with zero attached hydrogens (tertiary/aromatic N) is 2. The highest BCUT2D eigenvalue weighted by atomic mass is 32.2. The van der Waals surface area contributed by atoms with E-state index in [-0.39, 0.29) is 31.3 Å². The number of nitrogens with one attached hydrogen (secondary N) is 1. The number of carbonyl (C=O) groups excluding carboxylic acids is 2. The van der Waals surface area contributed by atoms with Crippen molar-refractivity contribution >= 4 is 27.5 Å². The quantitative estimate of drug-likeness (QED) is 0.451. The number of amides is 2. The molecule has 0 aliphatic heterocycles. The van der Waals surface area contributed by atoms with Crippen LogP contribution in [0.5, 0.6) is 5.75 Å². The number of hydrogen-bond acceptors (Lipinski definition) is 5. The molecule has 1 unspecified atom stereocenters. The van der Waals surface area contributed by atoms with E-state index < -0.39 is 16.1 Å². The van der Waals surface area contributed by atoms with Gasteiger partial charge in [0, 0.05) is 26.1 Å². The molecular formula is C26H37N3O5S. The molecule has 0 saturated carbocycles. The molecule has 2 rings (SSSR count). The van der Waals surface area contributed by atoms with E-state index in [1.54, 1.807) is 32.2 Å². The van der Waals surface area contributed by atoms with Crippen LogP contribution in [0.1, 0.15) is 44.2 Å². The van der Waals surface area contributed by atoms with Crippen molar-refractivity contribution in [1.82, 2.24) is 10.2 Å². The Bertz CT molecular complexity index is 1100. The van der Waals surface area contributed by atoms with E-state index in [0.717, 1.165) is 23.8 Å². The zero-order chi connectivity index (χ0) is 26.0. The van der Waals surface area contributed by atoms with Gasteiger partial charge in [-0.25, -0.2) is 8.42 Å². The molecule has 0 aromatic heterocycles. The van der Waals surface area contributed by atoms with Crippen molar-refractivity contribution in [3.05, 3.63) is 59.7 Å². The van der Waals surface area contributed by atoms with Gasteiger partial charge in [0.05, 0.1) is 19.1 Å². The van der Waals surface area contributed by atoms with Gasteiger partial charge in [0.15, 0.2) is 0 Å². The van der Waals surface area contributed by atoms with Gasteiger partial charge in [0.25, 0.3) is 0 Å². The highest BCUT2D eigenvalue weighted by Crippen LogP contribution is 2.21. The Hall–Kier alpha value is -3.07. The Kier molecular flexibility index (Phi) is 10.6. The van der Waals surface area contributed by atoms with Gasteiger partial charge in [0.1, 0.15) is 11.8 Å². The summed E-state index contributed by atoms with van der Waals surface area (Å²) in [5.41, 5.74) is 2.36. The number of anilines is 1. The van der Waals surface area contributed by atoms with Crippen LogP contribution in [-0.4, -0.2) is 57.6 Å². The molecule has 0 aliphatic rings. The highest BCUT2D eigenvalue weighted by molar-refractivity contribution is 7.92. The third kappa shape index (κ3) is 8.58. The van der Waals surface area contributed by atoms with Crippen LogP contribution in [0.4, 0.5) is 5.69 Å². The van der Waals surface area contributed by atoms with Crippen LogP contribution < -0.4 is 14.4 Å². The normalized spacial score (nSPS) is 12.0. The molecule has 1 atom stereocenters. The smallest absolute Gasteiger partial charge is 0.242 e. The third-order valence-electron chi connectivity index (χ3n) is 5.65. The van der Waals surface area contributed by atoms with Crippen molar-refractivity contribution in [3.8, 4) is 5.75 Å². The summed E-state index contributed by atoms with van der Waals surface area (Å²) >= 11 is 0. The van der Waals surface area contributed by atoms with Crippen molar-refractivity contribution in [2.45, 2.75) is 52.6 Å². The second kappa shape index (κ2) is 13.1. The first-order valence-electron chi connectivity index (χ1n) is 11.8. The van der Waals surface area contributed by atoms with Crippen molar-refractivity contribution in [2.75, 3.05) is 30.8 Å². The van der Waals surface area contributed by atoms with Crippen LogP contribution in [0.25, 0.3) is 0 Å². The van der Waals surface area contributed by atoms with Crippen LogP contribution in [0.3, 0.4) is 0 Å². The van der Waals surface area contributed by atoms with E-state index in [4.69, 9.17) is 4.74 Å². The standard InChI is InChI=1S/C26H37N3O5S/c1-6-15-27-26(31)21(3)28(19-22-11-8-13-24(18-22)34-4)25(30)14-9-16-29(35(5,32)33)23-12-7-10-20(2)17-23/h7-8,10-13,17-18,21H,6,9,14-16,19H2,1-5H3,(H,27,31). The molecule has 0 heterocycles. The van der Waals surface area contributed by atoms with Crippen molar-refractivity contribution in [1.29, 1.82) is 0 Å². The number of methoxy groups -OCH3 is 1. The van der Waals surface area contributed by atoms with Crippen LogP contribution in [-0.2, 0) is 26.2 Å². The molecule has 0 radical (unpaired) electrons. The SMILES string of the molecule is CCCNC(=O)C(C)N(Cc1cccc(OC)c1)C(=O)CCCN(c1cccc(C)c1)S(C)(=O)=O. The second-order valence-electron chi connectivity index (χ2n) is 8.62. The molecule has 2 aromatic carbocycles. The molecule has 2 amide bonds. The Morgan fingerprint density at radius 2 is 1.83 bits per heavy atom. The largest absolute Gasteiger partial charge is 0.497 e. The fourth-order valence-corrected chi connectivity index (χ4v) is 4.69. The summed E-state index contributed by atoms with van der Waals surface area (Å²) in [7, 11) is -1.94. The average Bonchev–Trinajstić information content (AvgIpc) is 2.82. The molecule has 192 valence electrons. The summed E-state index contributed by atoms with van der Waals surface area (Å²) in [5, 5.41) is 2.85. The maximum atomic E-state index is 13.3. The lowest BCUT2D eigenvalue weighted by molar-refractivity contribution is -0.140. The fraction of sp³-hybridized carbons (Fsp3) is 0.462. The second-order valence-corrected chi connectivity index (χ2v) is 10.5.